The molecule has 0 saturated heterocycles. The zero-order valence-electron chi connectivity index (χ0n) is 13.4. The summed E-state index contributed by atoms with van der Waals surface area (Å²) >= 11 is 6.02. The van der Waals surface area contributed by atoms with Gasteiger partial charge in [-0.3, -0.25) is 9.59 Å². The SMILES string of the molecule is Cc1c[nH]c(C=C2C(=O)N(C)c3cc(Cl)ccc32)c1CCC(=O)O. The number of H-pyrrole nitrogens is 1. The molecule has 24 heavy (non-hydrogen) atoms. The number of likely N-dealkylation sites (N-methyl/N-ethyl adjacent to an activating group) is 1. The van der Waals surface area contributed by atoms with E-state index in [4.69, 9.17) is 16.7 Å². The van der Waals surface area contributed by atoms with Crippen molar-refractivity contribution in [3.63, 3.8) is 0 Å². The normalized spacial score (nSPS) is 15.2. The Balaban J connectivity index is 2.04. The van der Waals surface area contributed by atoms with Gasteiger partial charge in [0.1, 0.15) is 0 Å². The number of rotatable bonds is 4. The van der Waals surface area contributed by atoms with Crippen LogP contribution in [-0.4, -0.2) is 29.0 Å². The molecule has 0 atom stereocenters. The van der Waals surface area contributed by atoms with E-state index in [1.54, 1.807) is 30.2 Å². The number of aromatic amines is 1. The van der Waals surface area contributed by atoms with Gasteiger partial charge in [-0.15, -0.1) is 0 Å². The minimum atomic E-state index is -0.842. The molecule has 2 aromatic rings. The number of hydrogen-bond acceptors (Lipinski definition) is 2. The van der Waals surface area contributed by atoms with Gasteiger partial charge in [0, 0.05) is 35.9 Å². The van der Waals surface area contributed by atoms with Gasteiger partial charge in [-0.25, -0.2) is 0 Å². The third-order valence-corrected chi connectivity index (χ3v) is 4.50. The Morgan fingerprint density at radius 1 is 1.42 bits per heavy atom. The fraction of sp³-hybridized carbons (Fsp3) is 0.222. The molecule has 0 fully saturated rings. The van der Waals surface area contributed by atoms with Gasteiger partial charge in [0.15, 0.2) is 0 Å². The highest BCUT2D eigenvalue weighted by Gasteiger charge is 2.30. The molecule has 1 amide bonds. The van der Waals surface area contributed by atoms with Crippen LogP contribution in [0, 0.1) is 6.92 Å². The monoisotopic (exact) mass is 344 g/mol. The van der Waals surface area contributed by atoms with Crippen LogP contribution in [-0.2, 0) is 16.0 Å². The molecular weight excluding hydrogens is 328 g/mol. The molecule has 1 aromatic heterocycles. The van der Waals surface area contributed by atoms with Gasteiger partial charge in [-0.2, -0.15) is 0 Å². The first-order valence-electron chi connectivity index (χ1n) is 7.57. The number of amides is 1. The van der Waals surface area contributed by atoms with Gasteiger partial charge in [0.2, 0.25) is 0 Å². The van der Waals surface area contributed by atoms with Crippen molar-refractivity contribution in [3.8, 4) is 0 Å². The molecular formula is C18H17ClN2O3. The van der Waals surface area contributed by atoms with E-state index < -0.39 is 5.97 Å². The molecule has 0 spiro atoms. The maximum atomic E-state index is 12.6. The Hall–Kier alpha value is -2.53. The minimum absolute atomic E-state index is 0.0505. The second-order valence-corrected chi connectivity index (χ2v) is 6.28. The summed E-state index contributed by atoms with van der Waals surface area (Å²) in [5, 5.41) is 9.49. The Labute approximate surface area is 144 Å². The number of carbonyl (C=O) groups excluding carboxylic acids is 1. The van der Waals surface area contributed by atoms with Gasteiger partial charge in [-0.05, 0) is 42.7 Å². The molecule has 0 aliphatic carbocycles. The van der Waals surface area contributed by atoms with Crippen molar-refractivity contribution >= 4 is 40.8 Å². The zero-order valence-corrected chi connectivity index (χ0v) is 14.1. The predicted molar refractivity (Wildman–Crippen MR) is 94.2 cm³/mol. The molecule has 124 valence electrons. The number of aryl methyl sites for hydroxylation is 1. The van der Waals surface area contributed by atoms with E-state index in [9.17, 15) is 9.59 Å². The van der Waals surface area contributed by atoms with E-state index in [0.717, 1.165) is 28.1 Å². The third-order valence-electron chi connectivity index (χ3n) is 4.27. The van der Waals surface area contributed by atoms with Crippen LogP contribution in [0.2, 0.25) is 5.02 Å². The van der Waals surface area contributed by atoms with Crippen LogP contribution in [0.5, 0.6) is 0 Å². The summed E-state index contributed by atoms with van der Waals surface area (Å²) in [5.74, 6) is -0.949. The highest BCUT2D eigenvalue weighted by atomic mass is 35.5. The van der Waals surface area contributed by atoms with Gasteiger partial charge in [0.05, 0.1) is 11.3 Å². The number of anilines is 1. The maximum Gasteiger partial charge on any atom is 0.303 e. The van der Waals surface area contributed by atoms with Crippen molar-refractivity contribution in [2.45, 2.75) is 19.8 Å². The number of nitrogens with zero attached hydrogens (tertiary/aromatic N) is 1. The van der Waals surface area contributed by atoms with E-state index >= 15 is 0 Å². The van der Waals surface area contributed by atoms with Crippen LogP contribution in [0.25, 0.3) is 11.6 Å². The molecule has 0 saturated carbocycles. The van der Waals surface area contributed by atoms with Crippen molar-refractivity contribution in [1.82, 2.24) is 4.98 Å². The van der Waals surface area contributed by atoms with Gasteiger partial charge >= 0.3 is 5.97 Å². The first kappa shape index (κ1) is 16.3. The topological polar surface area (TPSA) is 73.4 Å². The van der Waals surface area contributed by atoms with Crippen molar-refractivity contribution in [3.05, 3.63) is 51.8 Å². The number of benzene rings is 1. The minimum Gasteiger partial charge on any atom is -0.481 e. The molecule has 5 nitrogen and oxygen atoms in total. The summed E-state index contributed by atoms with van der Waals surface area (Å²) in [5.41, 5.74) is 4.84. The number of carboxylic acids is 1. The van der Waals surface area contributed by atoms with Crippen molar-refractivity contribution in [2.24, 2.45) is 0 Å². The summed E-state index contributed by atoms with van der Waals surface area (Å²) in [6, 6.07) is 5.35. The van der Waals surface area contributed by atoms with Crippen molar-refractivity contribution in [1.29, 1.82) is 0 Å². The summed E-state index contributed by atoms with van der Waals surface area (Å²) in [4.78, 5) is 28.1. The van der Waals surface area contributed by atoms with E-state index in [2.05, 4.69) is 4.98 Å². The number of aromatic nitrogens is 1. The van der Waals surface area contributed by atoms with Crippen LogP contribution < -0.4 is 4.90 Å². The second kappa shape index (κ2) is 6.17. The maximum absolute atomic E-state index is 12.6. The number of aliphatic carboxylic acids is 1. The lowest BCUT2D eigenvalue weighted by atomic mass is 10.0. The Morgan fingerprint density at radius 2 is 2.17 bits per heavy atom. The van der Waals surface area contributed by atoms with E-state index in [1.807, 2.05) is 19.2 Å². The number of fused-ring (bicyclic) bond motifs is 1. The molecule has 0 unspecified atom stereocenters. The van der Waals surface area contributed by atoms with E-state index in [0.29, 0.717) is 17.0 Å². The lowest BCUT2D eigenvalue weighted by molar-refractivity contribution is -0.137. The summed E-state index contributed by atoms with van der Waals surface area (Å²) in [6.07, 6.45) is 4.09. The van der Waals surface area contributed by atoms with Gasteiger partial charge < -0.3 is 15.0 Å². The predicted octanol–water partition coefficient (Wildman–Crippen LogP) is 3.51. The Kier molecular flexibility index (Phi) is 4.20. The highest BCUT2D eigenvalue weighted by Crippen LogP contribution is 2.38. The van der Waals surface area contributed by atoms with Crippen LogP contribution in [0.3, 0.4) is 0 Å². The lowest BCUT2D eigenvalue weighted by Gasteiger charge is -2.08. The van der Waals surface area contributed by atoms with Crippen LogP contribution in [0.4, 0.5) is 5.69 Å². The molecule has 1 aliphatic rings. The molecule has 3 rings (SSSR count). The van der Waals surface area contributed by atoms with Gasteiger partial charge in [0.25, 0.3) is 5.91 Å². The average Bonchev–Trinajstić information content (AvgIpc) is 2.99. The first-order valence-corrected chi connectivity index (χ1v) is 7.94. The van der Waals surface area contributed by atoms with Crippen LogP contribution in [0.15, 0.2) is 24.4 Å². The van der Waals surface area contributed by atoms with Crippen molar-refractivity contribution < 1.29 is 14.7 Å². The number of hydrogen-bond donors (Lipinski definition) is 2. The highest BCUT2D eigenvalue weighted by molar-refractivity contribution is 6.37. The van der Waals surface area contributed by atoms with Crippen LogP contribution >= 0.6 is 11.6 Å². The molecule has 6 heteroatoms. The first-order chi connectivity index (χ1) is 11.4. The zero-order chi connectivity index (χ0) is 17.4. The smallest absolute Gasteiger partial charge is 0.303 e. The molecule has 0 bridgehead atoms. The fourth-order valence-corrected chi connectivity index (χ4v) is 3.13. The molecule has 2 N–H and O–H groups in total. The Bertz CT molecular complexity index is 867. The third kappa shape index (κ3) is 2.83. The second-order valence-electron chi connectivity index (χ2n) is 5.84. The standard InChI is InChI=1S/C18H17ClN2O3/c1-10-9-20-15(12(10)5-6-17(22)23)8-14-13-4-3-11(19)7-16(13)21(2)18(14)24/h3-4,7-9,20H,5-6H2,1-2H3,(H,22,23). The van der Waals surface area contributed by atoms with Gasteiger partial charge in [-0.1, -0.05) is 17.7 Å². The Morgan fingerprint density at radius 3 is 2.88 bits per heavy atom. The molecule has 1 aliphatic heterocycles. The largest absolute Gasteiger partial charge is 0.481 e. The van der Waals surface area contributed by atoms with E-state index in [-0.39, 0.29) is 12.3 Å². The summed E-state index contributed by atoms with van der Waals surface area (Å²) in [6.45, 7) is 1.92. The van der Waals surface area contributed by atoms with E-state index in [1.165, 1.54) is 0 Å². The van der Waals surface area contributed by atoms with Crippen LogP contribution in [0.1, 0.15) is 28.8 Å². The molecule has 0 radical (unpaired) electrons. The average molecular weight is 345 g/mol. The molecule has 1 aromatic carbocycles. The number of carbonyl (C=O) groups is 2. The molecule has 2 heterocycles. The fourth-order valence-electron chi connectivity index (χ4n) is 2.96. The number of nitrogens with one attached hydrogen (secondary N) is 1. The summed E-state index contributed by atoms with van der Waals surface area (Å²) < 4.78 is 0. The number of halogens is 1. The van der Waals surface area contributed by atoms with Crippen molar-refractivity contribution in [2.75, 3.05) is 11.9 Å². The number of carboxylic acid groups (broad SMARTS) is 1. The summed E-state index contributed by atoms with van der Waals surface area (Å²) in [7, 11) is 1.71. The quantitative estimate of drug-likeness (QED) is 0.833. The lowest BCUT2D eigenvalue weighted by Crippen LogP contribution is -2.20.